The third-order valence-electron chi connectivity index (χ3n) is 2.61. The quantitative estimate of drug-likeness (QED) is 0.382. The summed E-state index contributed by atoms with van der Waals surface area (Å²) in [5.41, 5.74) is -1.10. The van der Waals surface area contributed by atoms with Gasteiger partial charge in [-0.25, -0.2) is 4.79 Å². The zero-order valence-electron chi connectivity index (χ0n) is 13.7. The van der Waals surface area contributed by atoms with Crippen molar-refractivity contribution >= 4 is 16.1 Å². The van der Waals surface area contributed by atoms with Crippen LogP contribution in [0.3, 0.4) is 0 Å². The van der Waals surface area contributed by atoms with E-state index in [-0.39, 0.29) is 19.8 Å². The molecule has 0 atom stereocenters. The number of hydrogen-bond donors (Lipinski definition) is 0. The second-order valence-electron chi connectivity index (χ2n) is 5.18. The largest absolute Gasteiger partial charge is 0.491 e. The van der Waals surface area contributed by atoms with E-state index in [0.29, 0.717) is 11.5 Å². The van der Waals surface area contributed by atoms with Crippen molar-refractivity contribution in [2.45, 2.75) is 26.4 Å². The first-order valence-corrected chi connectivity index (χ1v) is 8.89. The van der Waals surface area contributed by atoms with E-state index < -0.39 is 21.7 Å². The van der Waals surface area contributed by atoms with E-state index in [4.69, 9.17) is 14.2 Å². The Labute approximate surface area is 136 Å². The van der Waals surface area contributed by atoms with Crippen LogP contribution in [0.5, 0.6) is 11.5 Å². The second-order valence-corrected chi connectivity index (χ2v) is 6.82. The predicted molar refractivity (Wildman–Crippen MR) is 84.1 cm³/mol. The van der Waals surface area contributed by atoms with Gasteiger partial charge in [0.05, 0.1) is 12.9 Å². The van der Waals surface area contributed by atoms with Crippen LogP contribution in [-0.2, 0) is 23.8 Å². The summed E-state index contributed by atoms with van der Waals surface area (Å²) in [7, 11) is -3.46. The number of benzene rings is 1. The Hall–Kier alpha value is -1.80. The summed E-state index contributed by atoms with van der Waals surface area (Å²) in [5, 5.41) is 0. The molecular weight excluding hydrogens is 324 g/mol. The van der Waals surface area contributed by atoms with Crippen LogP contribution in [-0.4, -0.2) is 46.1 Å². The van der Waals surface area contributed by atoms with Gasteiger partial charge in [-0.2, -0.15) is 8.42 Å². The smallest absolute Gasteiger partial charge is 0.349 e. The van der Waals surface area contributed by atoms with Gasteiger partial charge in [0.15, 0.2) is 5.60 Å². The molecule has 0 amide bonds. The van der Waals surface area contributed by atoms with E-state index in [0.717, 1.165) is 6.26 Å². The fourth-order valence-corrected chi connectivity index (χ4v) is 1.96. The Morgan fingerprint density at radius 2 is 1.65 bits per heavy atom. The molecule has 0 N–H and O–H groups in total. The molecule has 0 fully saturated rings. The second kappa shape index (κ2) is 8.16. The monoisotopic (exact) mass is 346 g/mol. The van der Waals surface area contributed by atoms with Crippen LogP contribution in [0.2, 0.25) is 0 Å². The van der Waals surface area contributed by atoms with Crippen LogP contribution in [0.25, 0.3) is 0 Å². The normalized spacial score (nSPS) is 11.8. The van der Waals surface area contributed by atoms with Gasteiger partial charge >= 0.3 is 5.97 Å². The molecule has 8 heteroatoms. The third kappa shape index (κ3) is 7.34. The van der Waals surface area contributed by atoms with E-state index in [2.05, 4.69) is 4.18 Å². The molecule has 1 aromatic carbocycles. The van der Waals surface area contributed by atoms with Gasteiger partial charge in [-0.3, -0.25) is 4.18 Å². The zero-order chi connectivity index (χ0) is 17.5. The number of carbonyl (C=O) groups is 1. The van der Waals surface area contributed by atoms with Crippen LogP contribution >= 0.6 is 0 Å². The molecule has 0 aliphatic carbocycles. The van der Waals surface area contributed by atoms with Crippen molar-refractivity contribution in [3.05, 3.63) is 24.3 Å². The Balaban J connectivity index is 2.51. The minimum absolute atomic E-state index is 0.0625. The van der Waals surface area contributed by atoms with Crippen molar-refractivity contribution in [3.63, 3.8) is 0 Å². The molecular formula is C15H22O7S. The summed E-state index contributed by atoms with van der Waals surface area (Å²) < 4.78 is 42.0. The molecule has 0 saturated heterocycles. The molecule has 0 heterocycles. The molecule has 7 nitrogen and oxygen atoms in total. The first kappa shape index (κ1) is 19.2. The molecule has 0 aliphatic heterocycles. The first-order chi connectivity index (χ1) is 10.6. The van der Waals surface area contributed by atoms with Gasteiger partial charge in [0.2, 0.25) is 0 Å². The number of ether oxygens (including phenoxy) is 3. The lowest BCUT2D eigenvalue weighted by molar-refractivity contribution is -0.158. The van der Waals surface area contributed by atoms with Crippen molar-refractivity contribution in [2.75, 3.05) is 26.1 Å². The minimum atomic E-state index is -3.46. The Kier molecular flexibility index (Phi) is 6.83. The highest BCUT2D eigenvalue weighted by Crippen LogP contribution is 2.22. The lowest BCUT2D eigenvalue weighted by Gasteiger charge is -2.24. The summed E-state index contributed by atoms with van der Waals surface area (Å²) in [5.74, 6) is 0.574. The average molecular weight is 346 g/mol. The summed E-state index contributed by atoms with van der Waals surface area (Å²) in [6.07, 6.45) is 0.977. The Bertz CT molecular complexity index is 605. The Morgan fingerprint density at radius 3 is 2.17 bits per heavy atom. The predicted octanol–water partition coefficient (Wildman–Crippen LogP) is 1.76. The van der Waals surface area contributed by atoms with Gasteiger partial charge in [-0.1, -0.05) is 0 Å². The zero-order valence-corrected chi connectivity index (χ0v) is 14.5. The molecule has 0 aromatic heterocycles. The van der Waals surface area contributed by atoms with Crippen molar-refractivity contribution in [3.8, 4) is 11.5 Å². The third-order valence-corrected chi connectivity index (χ3v) is 3.21. The molecule has 1 rings (SSSR count). The summed E-state index contributed by atoms with van der Waals surface area (Å²) in [6, 6.07) is 6.59. The van der Waals surface area contributed by atoms with Gasteiger partial charge in [-0.15, -0.1) is 0 Å². The van der Waals surface area contributed by atoms with E-state index in [1.807, 2.05) is 0 Å². The summed E-state index contributed by atoms with van der Waals surface area (Å²) in [6.45, 7) is 5.30. The highest BCUT2D eigenvalue weighted by molar-refractivity contribution is 7.85. The number of rotatable bonds is 9. The van der Waals surface area contributed by atoms with E-state index in [1.165, 1.54) is 0 Å². The maximum Gasteiger partial charge on any atom is 0.349 e. The highest BCUT2D eigenvalue weighted by Gasteiger charge is 2.31. The van der Waals surface area contributed by atoms with Crippen LogP contribution in [0.1, 0.15) is 20.8 Å². The first-order valence-electron chi connectivity index (χ1n) is 7.07. The molecule has 23 heavy (non-hydrogen) atoms. The van der Waals surface area contributed by atoms with Crippen LogP contribution in [0, 0.1) is 0 Å². The van der Waals surface area contributed by atoms with Crippen molar-refractivity contribution in [1.29, 1.82) is 0 Å². The van der Waals surface area contributed by atoms with E-state index in [1.54, 1.807) is 45.0 Å². The Morgan fingerprint density at radius 1 is 1.09 bits per heavy atom. The lowest BCUT2D eigenvalue weighted by atomic mass is 10.1. The van der Waals surface area contributed by atoms with Crippen LogP contribution in [0.4, 0.5) is 0 Å². The SMILES string of the molecule is CCOC(=O)C(C)(C)Oc1ccc(OCCOS(C)(=O)=O)cc1. The van der Waals surface area contributed by atoms with Gasteiger partial charge in [0.1, 0.15) is 24.7 Å². The fraction of sp³-hybridized carbons (Fsp3) is 0.533. The van der Waals surface area contributed by atoms with Crippen LogP contribution in [0.15, 0.2) is 24.3 Å². The number of esters is 1. The molecule has 0 bridgehead atoms. The van der Waals surface area contributed by atoms with E-state index in [9.17, 15) is 13.2 Å². The van der Waals surface area contributed by atoms with Gasteiger partial charge < -0.3 is 14.2 Å². The summed E-state index contributed by atoms with van der Waals surface area (Å²) in [4.78, 5) is 11.8. The molecule has 130 valence electrons. The highest BCUT2D eigenvalue weighted by atomic mass is 32.2. The fourth-order valence-electron chi connectivity index (χ4n) is 1.59. The molecule has 1 aromatic rings. The van der Waals surface area contributed by atoms with Crippen LogP contribution < -0.4 is 9.47 Å². The topological polar surface area (TPSA) is 88.1 Å². The van der Waals surface area contributed by atoms with Gasteiger partial charge in [-0.05, 0) is 45.0 Å². The maximum absolute atomic E-state index is 11.8. The average Bonchev–Trinajstić information content (AvgIpc) is 2.44. The minimum Gasteiger partial charge on any atom is -0.491 e. The van der Waals surface area contributed by atoms with Crippen molar-refractivity contribution in [2.24, 2.45) is 0 Å². The maximum atomic E-state index is 11.8. The number of hydrogen-bond acceptors (Lipinski definition) is 7. The molecule has 0 aliphatic rings. The summed E-state index contributed by atoms with van der Waals surface area (Å²) >= 11 is 0. The van der Waals surface area contributed by atoms with Crippen molar-refractivity contribution < 1.29 is 31.6 Å². The van der Waals surface area contributed by atoms with Gasteiger partial charge in [0.25, 0.3) is 10.1 Å². The van der Waals surface area contributed by atoms with Gasteiger partial charge in [0, 0.05) is 0 Å². The van der Waals surface area contributed by atoms with E-state index >= 15 is 0 Å². The molecule has 0 spiro atoms. The molecule has 0 saturated carbocycles. The standard InChI is InChI=1S/C15H22O7S/c1-5-19-14(16)15(2,3)22-13-8-6-12(7-9-13)20-10-11-21-23(4,17)18/h6-9H,5,10-11H2,1-4H3. The molecule has 0 unspecified atom stereocenters. The number of carbonyl (C=O) groups excluding carboxylic acids is 1. The van der Waals surface area contributed by atoms with Crippen molar-refractivity contribution in [1.82, 2.24) is 0 Å². The lowest BCUT2D eigenvalue weighted by Crippen LogP contribution is -2.39. The molecule has 0 radical (unpaired) electrons.